The van der Waals surface area contributed by atoms with Gasteiger partial charge in [0.15, 0.2) is 0 Å². The van der Waals surface area contributed by atoms with Crippen molar-refractivity contribution in [3.8, 4) is 0 Å². The Balaban J connectivity index is 2.43. The predicted molar refractivity (Wildman–Crippen MR) is 45.0 cm³/mol. The standard InChI is InChI=1S/C9H8ClFO/c1-9-2-3-12-8(9)4-7(11)6(10)5-9/h2-4H,5H2,1H3. The molecule has 0 amide bonds. The van der Waals surface area contributed by atoms with Crippen LogP contribution >= 0.6 is 11.6 Å². The van der Waals surface area contributed by atoms with Crippen molar-refractivity contribution in [2.75, 3.05) is 0 Å². The van der Waals surface area contributed by atoms with Crippen molar-refractivity contribution in [3.63, 3.8) is 0 Å². The van der Waals surface area contributed by atoms with E-state index in [1.807, 2.05) is 13.0 Å². The largest absolute Gasteiger partial charge is 0.469 e. The van der Waals surface area contributed by atoms with Crippen molar-refractivity contribution in [1.29, 1.82) is 0 Å². The van der Waals surface area contributed by atoms with Crippen LogP contribution in [-0.2, 0) is 4.74 Å². The van der Waals surface area contributed by atoms with E-state index in [1.54, 1.807) is 6.26 Å². The smallest absolute Gasteiger partial charge is 0.141 e. The highest BCUT2D eigenvalue weighted by atomic mass is 35.5. The zero-order valence-electron chi connectivity index (χ0n) is 6.60. The zero-order chi connectivity index (χ0) is 8.77. The highest BCUT2D eigenvalue weighted by molar-refractivity contribution is 6.30. The first-order chi connectivity index (χ1) is 5.62. The molecule has 0 bridgehead atoms. The number of hydrogen-bond acceptors (Lipinski definition) is 1. The molecule has 3 heteroatoms. The van der Waals surface area contributed by atoms with Crippen molar-refractivity contribution in [3.05, 3.63) is 35.0 Å². The van der Waals surface area contributed by atoms with Gasteiger partial charge in [0.05, 0.1) is 16.7 Å². The summed E-state index contributed by atoms with van der Waals surface area (Å²) in [5.74, 6) is 0.261. The predicted octanol–water partition coefficient (Wildman–Crippen LogP) is 3.24. The second-order valence-corrected chi connectivity index (χ2v) is 3.73. The number of allylic oxidation sites excluding steroid dienone is 4. The van der Waals surface area contributed by atoms with Gasteiger partial charge in [0.1, 0.15) is 11.6 Å². The molecule has 2 rings (SSSR count). The maximum Gasteiger partial charge on any atom is 0.141 e. The summed E-state index contributed by atoms with van der Waals surface area (Å²) in [6.07, 6.45) is 5.32. The summed E-state index contributed by atoms with van der Waals surface area (Å²) in [6.45, 7) is 1.97. The van der Waals surface area contributed by atoms with Crippen molar-refractivity contribution >= 4 is 11.6 Å². The minimum Gasteiger partial charge on any atom is -0.469 e. The third kappa shape index (κ3) is 0.985. The van der Waals surface area contributed by atoms with Crippen LogP contribution in [0.3, 0.4) is 0 Å². The number of halogens is 2. The van der Waals surface area contributed by atoms with Gasteiger partial charge in [-0.2, -0.15) is 0 Å². The van der Waals surface area contributed by atoms with E-state index >= 15 is 0 Å². The van der Waals surface area contributed by atoms with Crippen LogP contribution in [0.2, 0.25) is 0 Å². The lowest BCUT2D eigenvalue weighted by molar-refractivity contribution is 0.288. The Morgan fingerprint density at radius 2 is 2.42 bits per heavy atom. The summed E-state index contributed by atoms with van der Waals surface area (Å²) < 4.78 is 18.1. The maximum absolute atomic E-state index is 12.9. The summed E-state index contributed by atoms with van der Waals surface area (Å²) >= 11 is 5.69. The molecular weight excluding hydrogens is 179 g/mol. The van der Waals surface area contributed by atoms with E-state index in [0.29, 0.717) is 12.2 Å². The molecule has 0 radical (unpaired) electrons. The molecule has 1 aliphatic heterocycles. The molecule has 0 spiro atoms. The van der Waals surface area contributed by atoms with Gasteiger partial charge >= 0.3 is 0 Å². The molecule has 1 atom stereocenters. The van der Waals surface area contributed by atoms with Crippen LogP contribution in [0.4, 0.5) is 4.39 Å². The van der Waals surface area contributed by atoms with Gasteiger partial charge in [0.2, 0.25) is 0 Å². The molecule has 1 unspecified atom stereocenters. The quantitative estimate of drug-likeness (QED) is 0.564. The molecule has 0 saturated heterocycles. The topological polar surface area (TPSA) is 9.23 Å². The molecule has 0 aromatic rings. The minimum atomic E-state index is -0.382. The number of rotatable bonds is 0. The second kappa shape index (κ2) is 2.36. The Morgan fingerprint density at radius 1 is 1.67 bits per heavy atom. The summed E-state index contributed by atoms with van der Waals surface area (Å²) in [5.41, 5.74) is -0.229. The van der Waals surface area contributed by atoms with Crippen LogP contribution in [0.15, 0.2) is 35.0 Å². The minimum absolute atomic E-state index is 0.229. The van der Waals surface area contributed by atoms with E-state index in [2.05, 4.69) is 0 Å². The Morgan fingerprint density at radius 3 is 3.17 bits per heavy atom. The van der Waals surface area contributed by atoms with E-state index in [-0.39, 0.29) is 16.3 Å². The van der Waals surface area contributed by atoms with Gasteiger partial charge in [0, 0.05) is 12.5 Å². The summed E-state index contributed by atoms with van der Waals surface area (Å²) in [5, 5.41) is 0.274. The third-order valence-electron chi connectivity index (χ3n) is 2.23. The number of ether oxygens (including phenoxy) is 1. The van der Waals surface area contributed by atoms with Gasteiger partial charge in [-0.15, -0.1) is 0 Å². The molecule has 0 aromatic carbocycles. The number of hydrogen-bond donors (Lipinski definition) is 0. The third-order valence-corrected chi connectivity index (χ3v) is 2.55. The van der Waals surface area contributed by atoms with Gasteiger partial charge in [0.25, 0.3) is 0 Å². The van der Waals surface area contributed by atoms with Crippen LogP contribution in [-0.4, -0.2) is 0 Å². The van der Waals surface area contributed by atoms with Crippen LogP contribution in [0.5, 0.6) is 0 Å². The van der Waals surface area contributed by atoms with E-state index in [1.165, 1.54) is 6.08 Å². The normalized spacial score (nSPS) is 33.1. The van der Waals surface area contributed by atoms with E-state index in [0.717, 1.165) is 0 Å². The monoisotopic (exact) mass is 186 g/mol. The van der Waals surface area contributed by atoms with Crippen molar-refractivity contribution in [2.24, 2.45) is 5.41 Å². The molecule has 2 aliphatic rings. The van der Waals surface area contributed by atoms with Gasteiger partial charge in [-0.05, 0) is 13.0 Å². The first-order valence-corrected chi connectivity index (χ1v) is 4.10. The fraction of sp³-hybridized carbons (Fsp3) is 0.333. The van der Waals surface area contributed by atoms with Gasteiger partial charge in [-0.1, -0.05) is 11.6 Å². The van der Waals surface area contributed by atoms with E-state index < -0.39 is 0 Å². The van der Waals surface area contributed by atoms with Crippen molar-refractivity contribution in [1.82, 2.24) is 0 Å². The molecule has 1 heterocycles. The molecule has 0 aromatic heterocycles. The van der Waals surface area contributed by atoms with Gasteiger partial charge in [-0.25, -0.2) is 4.39 Å². The average Bonchev–Trinajstić information content (AvgIpc) is 2.32. The second-order valence-electron chi connectivity index (χ2n) is 3.28. The van der Waals surface area contributed by atoms with Crippen molar-refractivity contribution < 1.29 is 9.13 Å². The molecule has 0 fully saturated rings. The average molecular weight is 187 g/mol. The molecule has 64 valence electrons. The Kier molecular flexibility index (Phi) is 1.55. The van der Waals surface area contributed by atoms with Crippen LogP contribution in [0, 0.1) is 5.41 Å². The van der Waals surface area contributed by atoms with Gasteiger partial charge in [-0.3, -0.25) is 0 Å². The summed E-state index contributed by atoms with van der Waals surface area (Å²) in [6, 6.07) is 0. The molecule has 0 N–H and O–H groups in total. The Bertz CT molecular complexity index is 316. The Labute approximate surface area is 75.2 Å². The molecule has 1 aliphatic carbocycles. The zero-order valence-corrected chi connectivity index (χ0v) is 7.36. The highest BCUT2D eigenvalue weighted by Gasteiger charge is 2.36. The van der Waals surface area contributed by atoms with Crippen LogP contribution in [0.25, 0.3) is 0 Å². The fourth-order valence-corrected chi connectivity index (χ4v) is 1.75. The summed E-state index contributed by atoms with van der Waals surface area (Å²) in [4.78, 5) is 0. The molecule has 12 heavy (non-hydrogen) atoms. The van der Waals surface area contributed by atoms with Crippen LogP contribution < -0.4 is 0 Å². The first kappa shape index (κ1) is 7.87. The van der Waals surface area contributed by atoms with E-state index in [4.69, 9.17) is 16.3 Å². The summed E-state index contributed by atoms with van der Waals surface area (Å²) in [7, 11) is 0. The fourth-order valence-electron chi connectivity index (χ4n) is 1.42. The SMILES string of the molecule is CC12C=COC1=CC(F)=C(Cl)C2. The van der Waals surface area contributed by atoms with E-state index in [9.17, 15) is 4.39 Å². The lowest BCUT2D eigenvalue weighted by Gasteiger charge is -2.25. The lowest BCUT2D eigenvalue weighted by Crippen LogP contribution is -2.16. The van der Waals surface area contributed by atoms with Gasteiger partial charge < -0.3 is 4.74 Å². The Hall–Kier alpha value is -0.760. The van der Waals surface area contributed by atoms with Crippen LogP contribution in [0.1, 0.15) is 13.3 Å². The molecular formula is C9H8ClFO. The maximum atomic E-state index is 12.9. The molecule has 1 nitrogen and oxygen atoms in total. The lowest BCUT2D eigenvalue weighted by atomic mass is 9.82. The molecule has 0 saturated carbocycles. The highest BCUT2D eigenvalue weighted by Crippen LogP contribution is 2.46. The first-order valence-electron chi connectivity index (χ1n) is 3.72. The number of fused-ring (bicyclic) bond motifs is 1. The van der Waals surface area contributed by atoms with Crippen molar-refractivity contribution in [2.45, 2.75) is 13.3 Å².